The van der Waals surface area contributed by atoms with Crippen molar-refractivity contribution >= 4 is 40.1 Å². The zero-order valence-electron chi connectivity index (χ0n) is 17.1. The van der Waals surface area contributed by atoms with Gasteiger partial charge < -0.3 is 19.5 Å². The highest BCUT2D eigenvalue weighted by molar-refractivity contribution is 8.00. The lowest BCUT2D eigenvalue weighted by Crippen LogP contribution is -2.36. The maximum Gasteiger partial charge on any atom is 0.237 e. The first-order valence-electron chi connectivity index (χ1n) is 10.1. The Kier molecular flexibility index (Phi) is 6.40. The van der Waals surface area contributed by atoms with E-state index in [0.717, 1.165) is 53.9 Å². The average Bonchev–Trinajstić information content (AvgIpc) is 3.12. The second kappa shape index (κ2) is 9.36. The van der Waals surface area contributed by atoms with Gasteiger partial charge in [0.05, 0.1) is 29.5 Å². The minimum Gasteiger partial charge on any atom is -0.378 e. The number of nitrogens with one attached hydrogen (secondary N) is 1. The molecule has 1 saturated heterocycles. The molecule has 0 aliphatic carbocycles. The van der Waals surface area contributed by atoms with E-state index in [1.54, 1.807) is 0 Å². The molecule has 0 bridgehead atoms. The lowest BCUT2D eigenvalue weighted by atomic mass is 10.2. The number of anilines is 2. The summed E-state index contributed by atoms with van der Waals surface area (Å²) in [6, 6.07) is 16.0. The van der Waals surface area contributed by atoms with Gasteiger partial charge in [0.25, 0.3) is 0 Å². The summed E-state index contributed by atoms with van der Waals surface area (Å²) < 4.78 is 7.49. The first-order chi connectivity index (χ1) is 14.7. The number of imidazole rings is 1. The SMILES string of the molecule is C=CCn1c(S[C@H](C)C(=O)Nc2ccc(N3CCOCC3)cc2)nc2ccccc21. The van der Waals surface area contributed by atoms with Gasteiger partial charge in [0, 0.05) is 31.0 Å². The summed E-state index contributed by atoms with van der Waals surface area (Å²) in [7, 11) is 0. The lowest BCUT2D eigenvalue weighted by molar-refractivity contribution is -0.115. The van der Waals surface area contributed by atoms with Crippen molar-refractivity contribution in [1.82, 2.24) is 9.55 Å². The van der Waals surface area contributed by atoms with E-state index < -0.39 is 0 Å². The number of carbonyl (C=O) groups excluding carboxylic acids is 1. The van der Waals surface area contributed by atoms with Crippen LogP contribution in [-0.4, -0.2) is 47.0 Å². The summed E-state index contributed by atoms with van der Waals surface area (Å²) in [6.45, 7) is 9.70. The normalized spacial score (nSPS) is 15.2. The number of aromatic nitrogens is 2. The number of amides is 1. The van der Waals surface area contributed by atoms with E-state index in [9.17, 15) is 4.79 Å². The van der Waals surface area contributed by atoms with Crippen molar-refractivity contribution < 1.29 is 9.53 Å². The molecule has 1 amide bonds. The van der Waals surface area contributed by atoms with Gasteiger partial charge in [-0.2, -0.15) is 0 Å². The second-order valence-electron chi connectivity index (χ2n) is 7.18. The third-order valence-electron chi connectivity index (χ3n) is 5.09. The quantitative estimate of drug-likeness (QED) is 0.457. The van der Waals surface area contributed by atoms with Gasteiger partial charge in [-0.05, 0) is 43.3 Å². The molecule has 7 heteroatoms. The number of ether oxygens (including phenoxy) is 1. The number of allylic oxidation sites excluding steroid dienone is 1. The van der Waals surface area contributed by atoms with Crippen molar-refractivity contribution in [1.29, 1.82) is 0 Å². The van der Waals surface area contributed by atoms with Crippen LogP contribution >= 0.6 is 11.8 Å². The summed E-state index contributed by atoms with van der Waals surface area (Å²) in [5, 5.41) is 3.55. The van der Waals surface area contributed by atoms with Crippen LogP contribution in [0.1, 0.15) is 6.92 Å². The summed E-state index contributed by atoms with van der Waals surface area (Å²) >= 11 is 1.46. The van der Waals surface area contributed by atoms with Crippen LogP contribution in [-0.2, 0) is 16.1 Å². The van der Waals surface area contributed by atoms with Gasteiger partial charge in [-0.1, -0.05) is 30.0 Å². The molecule has 4 rings (SSSR count). The lowest BCUT2D eigenvalue weighted by Gasteiger charge is -2.28. The molecule has 1 N–H and O–H groups in total. The zero-order chi connectivity index (χ0) is 20.9. The Hall–Kier alpha value is -2.77. The van der Waals surface area contributed by atoms with Crippen LogP contribution < -0.4 is 10.2 Å². The zero-order valence-corrected chi connectivity index (χ0v) is 17.9. The maximum absolute atomic E-state index is 12.8. The fraction of sp³-hybridized carbons (Fsp3) is 0.304. The molecule has 1 aromatic heterocycles. The molecular weight excluding hydrogens is 396 g/mol. The minimum atomic E-state index is -0.288. The summed E-state index contributed by atoms with van der Waals surface area (Å²) in [6.07, 6.45) is 1.85. The van der Waals surface area contributed by atoms with Crippen LogP contribution in [0.25, 0.3) is 11.0 Å². The fourth-order valence-corrected chi connectivity index (χ4v) is 4.41. The number of fused-ring (bicyclic) bond motifs is 1. The van der Waals surface area contributed by atoms with Crippen molar-refractivity contribution in [2.24, 2.45) is 0 Å². The summed E-state index contributed by atoms with van der Waals surface area (Å²) in [4.78, 5) is 19.8. The Bertz CT molecular complexity index is 1030. The molecule has 1 aliphatic heterocycles. The first-order valence-corrected chi connectivity index (χ1v) is 11.0. The van der Waals surface area contributed by atoms with Crippen LogP contribution in [0.4, 0.5) is 11.4 Å². The molecule has 2 heterocycles. The number of thioether (sulfide) groups is 1. The average molecular weight is 423 g/mol. The predicted molar refractivity (Wildman–Crippen MR) is 123 cm³/mol. The molecule has 1 aliphatic rings. The van der Waals surface area contributed by atoms with Gasteiger partial charge in [-0.15, -0.1) is 6.58 Å². The molecule has 2 aromatic carbocycles. The molecule has 0 unspecified atom stereocenters. The Morgan fingerprint density at radius 2 is 1.97 bits per heavy atom. The molecule has 0 saturated carbocycles. The molecule has 1 atom stereocenters. The van der Waals surface area contributed by atoms with Crippen molar-refractivity contribution in [3.63, 3.8) is 0 Å². The molecule has 0 radical (unpaired) electrons. The van der Waals surface area contributed by atoms with Gasteiger partial charge >= 0.3 is 0 Å². The van der Waals surface area contributed by atoms with E-state index in [0.29, 0.717) is 6.54 Å². The summed E-state index contributed by atoms with van der Waals surface area (Å²) in [5.41, 5.74) is 3.92. The molecule has 0 spiro atoms. The number of nitrogens with zero attached hydrogens (tertiary/aromatic N) is 3. The van der Waals surface area contributed by atoms with E-state index in [1.807, 2.05) is 61.5 Å². The van der Waals surface area contributed by atoms with Crippen molar-refractivity contribution in [3.05, 3.63) is 61.2 Å². The Balaban J connectivity index is 1.42. The van der Waals surface area contributed by atoms with Gasteiger partial charge in [0.2, 0.25) is 5.91 Å². The fourth-order valence-electron chi connectivity index (χ4n) is 3.48. The van der Waals surface area contributed by atoms with E-state index in [-0.39, 0.29) is 11.2 Å². The highest BCUT2D eigenvalue weighted by Gasteiger charge is 2.19. The minimum absolute atomic E-state index is 0.0451. The van der Waals surface area contributed by atoms with Crippen LogP contribution in [0, 0.1) is 0 Å². The van der Waals surface area contributed by atoms with Crippen LogP contribution in [0.2, 0.25) is 0 Å². The second-order valence-corrected chi connectivity index (χ2v) is 8.49. The third kappa shape index (κ3) is 4.52. The van der Waals surface area contributed by atoms with Crippen LogP contribution in [0.15, 0.2) is 66.3 Å². The number of rotatable bonds is 7. The monoisotopic (exact) mass is 422 g/mol. The van der Waals surface area contributed by atoms with Crippen LogP contribution in [0.3, 0.4) is 0 Å². The number of hydrogen-bond donors (Lipinski definition) is 1. The van der Waals surface area contributed by atoms with Crippen molar-refractivity contribution in [2.45, 2.75) is 23.9 Å². The summed E-state index contributed by atoms with van der Waals surface area (Å²) in [5.74, 6) is -0.0451. The van der Waals surface area contributed by atoms with E-state index in [4.69, 9.17) is 9.72 Å². The smallest absolute Gasteiger partial charge is 0.237 e. The number of para-hydroxylation sites is 2. The van der Waals surface area contributed by atoms with Crippen LogP contribution in [0.5, 0.6) is 0 Å². The highest BCUT2D eigenvalue weighted by atomic mass is 32.2. The molecule has 3 aromatic rings. The van der Waals surface area contributed by atoms with Gasteiger partial charge in [0.1, 0.15) is 0 Å². The Morgan fingerprint density at radius 1 is 1.23 bits per heavy atom. The van der Waals surface area contributed by atoms with Crippen molar-refractivity contribution in [2.75, 3.05) is 36.5 Å². The Morgan fingerprint density at radius 3 is 2.70 bits per heavy atom. The number of carbonyl (C=O) groups is 1. The number of benzene rings is 2. The molecular formula is C23H26N4O2S. The van der Waals surface area contributed by atoms with E-state index >= 15 is 0 Å². The van der Waals surface area contributed by atoms with E-state index in [1.165, 1.54) is 11.8 Å². The van der Waals surface area contributed by atoms with E-state index in [2.05, 4.69) is 21.4 Å². The largest absolute Gasteiger partial charge is 0.378 e. The van der Waals surface area contributed by atoms with Gasteiger partial charge in [0.15, 0.2) is 5.16 Å². The molecule has 6 nitrogen and oxygen atoms in total. The number of hydrogen-bond acceptors (Lipinski definition) is 5. The topological polar surface area (TPSA) is 59.4 Å². The third-order valence-corrected chi connectivity index (χ3v) is 6.18. The number of morpholine rings is 1. The van der Waals surface area contributed by atoms with Crippen molar-refractivity contribution in [3.8, 4) is 0 Å². The first kappa shape index (κ1) is 20.5. The highest BCUT2D eigenvalue weighted by Crippen LogP contribution is 2.28. The molecule has 1 fully saturated rings. The molecule has 30 heavy (non-hydrogen) atoms. The van der Waals surface area contributed by atoms with Gasteiger partial charge in [-0.25, -0.2) is 4.98 Å². The standard InChI is InChI=1S/C23H26N4O2S/c1-3-12-27-21-7-5-4-6-20(21)25-23(27)30-17(2)22(28)24-18-8-10-19(11-9-18)26-13-15-29-16-14-26/h3-11,17H,1,12-16H2,2H3,(H,24,28)/t17-/m1/s1. The molecule has 156 valence electrons. The predicted octanol–water partition coefficient (Wildman–Crippen LogP) is 4.18. The van der Waals surface area contributed by atoms with Gasteiger partial charge in [-0.3, -0.25) is 4.79 Å². The maximum atomic E-state index is 12.8. The Labute approximate surface area is 180 Å².